The molecule has 0 unspecified atom stereocenters. The zero-order valence-electron chi connectivity index (χ0n) is 12.1. The van der Waals surface area contributed by atoms with E-state index < -0.39 is 4.92 Å². The van der Waals surface area contributed by atoms with Crippen LogP contribution in [0.25, 0.3) is 0 Å². The summed E-state index contributed by atoms with van der Waals surface area (Å²) >= 11 is 0. The lowest BCUT2D eigenvalue weighted by Crippen LogP contribution is -2.06. The Hall–Kier alpha value is -1.82. The Bertz CT molecular complexity index is 424. The van der Waals surface area contributed by atoms with Gasteiger partial charge in [-0.25, -0.2) is 0 Å². The number of methoxy groups -OCH3 is 1. The van der Waals surface area contributed by atoms with Crippen molar-refractivity contribution in [3.8, 4) is 5.75 Å². The highest BCUT2D eigenvalue weighted by atomic mass is 16.6. The zero-order valence-corrected chi connectivity index (χ0v) is 12.1. The predicted octanol–water partition coefficient (Wildman–Crippen LogP) is 3.22. The van der Waals surface area contributed by atoms with E-state index in [1.165, 1.54) is 0 Å². The Morgan fingerprint density at radius 1 is 1.30 bits per heavy atom. The minimum atomic E-state index is -0.405. The minimum Gasteiger partial charge on any atom is -0.487 e. The van der Waals surface area contributed by atoms with Gasteiger partial charge in [-0.15, -0.1) is 0 Å². The summed E-state index contributed by atoms with van der Waals surface area (Å²) in [5.41, 5.74) is 0.513. The lowest BCUT2D eigenvalue weighted by atomic mass is 10.2. The van der Waals surface area contributed by atoms with Crippen molar-refractivity contribution in [1.82, 2.24) is 0 Å². The molecule has 0 spiro atoms. The Morgan fingerprint density at radius 3 is 2.75 bits per heavy atom. The fourth-order valence-electron chi connectivity index (χ4n) is 1.90. The van der Waals surface area contributed by atoms with E-state index in [-0.39, 0.29) is 5.69 Å². The van der Waals surface area contributed by atoms with Crippen molar-refractivity contribution in [2.24, 2.45) is 0 Å². The van der Waals surface area contributed by atoms with Gasteiger partial charge in [-0.1, -0.05) is 6.07 Å². The van der Waals surface area contributed by atoms with Gasteiger partial charge in [0.25, 0.3) is 0 Å². The highest BCUT2D eigenvalue weighted by Gasteiger charge is 2.20. The average molecular weight is 282 g/mol. The van der Waals surface area contributed by atoms with Crippen LogP contribution in [-0.4, -0.2) is 31.8 Å². The average Bonchev–Trinajstić information content (AvgIpc) is 2.43. The molecule has 0 aliphatic carbocycles. The lowest BCUT2D eigenvalue weighted by molar-refractivity contribution is -0.384. The van der Waals surface area contributed by atoms with Crippen LogP contribution in [0.5, 0.6) is 5.75 Å². The third-order valence-electron chi connectivity index (χ3n) is 2.82. The van der Waals surface area contributed by atoms with Gasteiger partial charge in [-0.05, 0) is 38.3 Å². The van der Waals surface area contributed by atoms with Gasteiger partial charge in [-0.3, -0.25) is 10.1 Å². The van der Waals surface area contributed by atoms with Gasteiger partial charge < -0.3 is 14.8 Å². The molecular weight excluding hydrogens is 260 g/mol. The van der Waals surface area contributed by atoms with Gasteiger partial charge in [0.1, 0.15) is 5.69 Å². The van der Waals surface area contributed by atoms with Gasteiger partial charge in [0.2, 0.25) is 0 Å². The number of ether oxygens (including phenoxy) is 2. The molecule has 1 aromatic carbocycles. The number of para-hydroxylation sites is 1. The van der Waals surface area contributed by atoms with Crippen molar-refractivity contribution >= 4 is 11.4 Å². The largest absolute Gasteiger partial charge is 0.487 e. The molecule has 0 atom stereocenters. The van der Waals surface area contributed by atoms with Crippen LogP contribution < -0.4 is 10.1 Å². The van der Waals surface area contributed by atoms with Crippen molar-refractivity contribution in [3.63, 3.8) is 0 Å². The monoisotopic (exact) mass is 282 g/mol. The van der Waals surface area contributed by atoms with E-state index in [4.69, 9.17) is 9.47 Å². The third-order valence-corrected chi connectivity index (χ3v) is 2.82. The number of unbranched alkanes of at least 4 members (excludes halogenated alkanes) is 2. The standard InChI is InChI=1S/C14H22N2O4/c1-3-20-13-9-7-8-12(14(13)16(17)18)15-10-5-4-6-11-19-2/h7-9,15H,3-6,10-11H2,1-2H3. The second kappa shape index (κ2) is 9.14. The highest BCUT2D eigenvalue weighted by molar-refractivity contribution is 5.68. The van der Waals surface area contributed by atoms with Crippen LogP contribution in [0.2, 0.25) is 0 Å². The summed E-state index contributed by atoms with van der Waals surface area (Å²) in [6, 6.07) is 5.08. The highest BCUT2D eigenvalue weighted by Crippen LogP contribution is 2.34. The van der Waals surface area contributed by atoms with Crippen LogP contribution in [0.15, 0.2) is 18.2 Å². The normalized spacial score (nSPS) is 10.3. The van der Waals surface area contributed by atoms with Crippen LogP contribution in [0.3, 0.4) is 0 Å². The number of nitro benzene ring substituents is 1. The second-order valence-electron chi connectivity index (χ2n) is 4.32. The smallest absolute Gasteiger partial charge is 0.333 e. The van der Waals surface area contributed by atoms with E-state index in [0.717, 1.165) is 25.9 Å². The summed E-state index contributed by atoms with van der Waals surface area (Å²) < 4.78 is 10.3. The van der Waals surface area contributed by atoms with Crippen LogP contribution in [0.1, 0.15) is 26.2 Å². The molecule has 0 fully saturated rings. The number of benzene rings is 1. The summed E-state index contributed by atoms with van der Waals surface area (Å²) in [5, 5.41) is 14.3. The van der Waals surface area contributed by atoms with E-state index in [0.29, 0.717) is 24.6 Å². The maximum atomic E-state index is 11.2. The molecule has 20 heavy (non-hydrogen) atoms. The molecule has 1 N–H and O–H groups in total. The van der Waals surface area contributed by atoms with E-state index in [2.05, 4.69) is 5.32 Å². The first-order valence-electron chi connectivity index (χ1n) is 6.83. The molecule has 112 valence electrons. The summed E-state index contributed by atoms with van der Waals surface area (Å²) in [4.78, 5) is 10.8. The third kappa shape index (κ3) is 5.05. The number of rotatable bonds is 10. The summed E-state index contributed by atoms with van der Waals surface area (Å²) in [6.07, 6.45) is 2.97. The van der Waals surface area contributed by atoms with Gasteiger partial charge in [0.05, 0.1) is 11.5 Å². The Kier molecular flexibility index (Phi) is 7.42. The predicted molar refractivity (Wildman–Crippen MR) is 78.5 cm³/mol. The minimum absolute atomic E-state index is 0.00578. The first kappa shape index (κ1) is 16.2. The van der Waals surface area contributed by atoms with E-state index in [1.807, 2.05) is 0 Å². The second-order valence-corrected chi connectivity index (χ2v) is 4.32. The fraction of sp³-hybridized carbons (Fsp3) is 0.571. The maximum Gasteiger partial charge on any atom is 0.333 e. The Balaban J connectivity index is 2.60. The molecule has 1 aromatic rings. The fourth-order valence-corrected chi connectivity index (χ4v) is 1.90. The molecule has 0 amide bonds. The van der Waals surface area contributed by atoms with Crippen molar-refractivity contribution in [3.05, 3.63) is 28.3 Å². The molecule has 6 heteroatoms. The van der Waals surface area contributed by atoms with Crippen LogP contribution in [0, 0.1) is 10.1 Å². The zero-order chi connectivity index (χ0) is 14.8. The molecule has 0 radical (unpaired) electrons. The summed E-state index contributed by atoms with van der Waals surface area (Å²) in [5.74, 6) is 0.307. The van der Waals surface area contributed by atoms with Crippen molar-refractivity contribution in [2.45, 2.75) is 26.2 Å². The Morgan fingerprint density at radius 2 is 2.10 bits per heavy atom. The molecule has 0 saturated heterocycles. The molecule has 0 aliphatic rings. The van der Waals surface area contributed by atoms with E-state index >= 15 is 0 Å². The SMILES string of the molecule is CCOc1cccc(NCCCCCOC)c1[N+](=O)[O-]. The number of nitrogens with one attached hydrogen (secondary N) is 1. The summed E-state index contributed by atoms with van der Waals surface area (Å²) in [6.45, 7) is 3.65. The first-order valence-corrected chi connectivity index (χ1v) is 6.83. The van der Waals surface area contributed by atoms with Crippen molar-refractivity contribution < 1.29 is 14.4 Å². The molecule has 0 bridgehead atoms. The first-order chi connectivity index (χ1) is 9.70. The molecule has 1 rings (SSSR count). The van der Waals surface area contributed by atoms with Gasteiger partial charge >= 0.3 is 5.69 Å². The molecule has 0 aliphatic heterocycles. The molecular formula is C14H22N2O4. The number of nitro groups is 1. The number of nitrogens with zero attached hydrogens (tertiary/aromatic N) is 1. The molecule has 6 nitrogen and oxygen atoms in total. The molecule has 0 heterocycles. The summed E-state index contributed by atoms with van der Waals surface area (Å²) in [7, 11) is 1.68. The number of anilines is 1. The van der Waals surface area contributed by atoms with Crippen LogP contribution >= 0.6 is 0 Å². The van der Waals surface area contributed by atoms with E-state index in [1.54, 1.807) is 32.2 Å². The van der Waals surface area contributed by atoms with Gasteiger partial charge in [0.15, 0.2) is 5.75 Å². The molecule has 0 aromatic heterocycles. The van der Waals surface area contributed by atoms with Crippen molar-refractivity contribution in [1.29, 1.82) is 0 Å². The topological polar surface area (TPSA) is 73.6 Å². The van der Waals surface area contributed by atoms with Crippen LogP contribution in [-0.2, 0) is 4.74 Å². The lowest BCUT2D eigenvalue weighted by Gasteiger charge is -2.10. The van der Waals surface area contributed by atoms with Crippen molar-refractivity contribution in [2.75, 3.05) is 32.2 Å². The van der Waals surface area contributed by atoms with Gasteiger partial charge in [-0.2, -0.15) is 0 Å². The van der Waals surface area contributed by atoms with E-state index in [9.17, 15) is 10.1 Å². The molecule has 0 saturated carbocycles. The number of hydrogen-bond donors (Lipinski definition) is 1. The van der Waals surface area contributed by atoms with Crippen LogP contribution in [0.4, 0.5) is 11.4 Å². The van der Waals surface area contributed by atoms with Gasteiger partial charge in [0, 0.05) is 20.3 Å². The maximum absolute atomic E-state index is 11.2. The number of hydrogen-bond acceptors (Lipinski definition) is 5. The Labute approximate surface area is 119 Å². The quantitative estimate of drug-likeness (QED) is 0.405.